The quantitative estimate of drug-likeness (QED) is 0.0491. The van der Waals surface area contributed by atoms with Crippen molar-refractivity contribution in [1.82, 2.24) is 24.5 Å². The number of methoxy groups -OCH3 is 10. The van der Waals surface area contributed by atoms with Crippen molar-refractivity contribution < 1.29 is 140 Å². The minimum Gasteiger partial charge on any atom is -0.493 e. The van der Waals surface area contributed by atoms with Crippen molar-refractivity contribution in [3.8, 4) is 57.5 Å². The highest BCUT2D eigenvalue weighted by atomic mass is 16.5. The van der Waals surface area contributed by atoms with E-state index >= 15 is 0 Å². The Kier molecular flexibility index (Phi) is 15.8. The maximum atomic E-state index is 11.3. The summed E-state index contributed by atoms with van der Waals surface area (Å²) >= 11 is 0. The summed E-state index contributed by atoms with van der Waals surface area (Å²) in [7, 11) is 5.24. The van der Waals surface area contributed by atoms with Crippen LogP contribution in [0.1, 0.15) is 286 Å². The lowest BCUT2D eigenvalue weighted by molar-refractivity contribution is -0.0192. The number of nitrogens with zero attached hydrogens (tertiary/aromatic N) is 5. The first-order valence-corrected chi connectivity index (χ1v) is 38.1. The summed E-state index contributed by atoms with van der Waals surface area (Å²) in [4.78, 5) is 4.42. The molecule has 20 nitrogen and oxygen atoms in total. The number of aliphatic hydroxyl groups is 5. The van der Waals surface area contributed by atoms with E-state index in [1.807, 2.05) is 0 Å². The van der Waals surface area contributed by atoms with Gasteiger partial charge in [0, 0.05) is 142 Å². The zero-order chi connectivity index (χ0) is 126. The second-order valence-electron chi connectivity index (χ2n) is 29.8. The van der Waals surface area contributed by atoms with Crippen LogP contribution in [0.5, 0.6) is 57.5 Å². The Hall–Kier alpha value is -6.30. The average Bonchev–Trinajstić information content (AvgIpc) is 0.643. The van der Waals surface area contributed by atoms with Crippen molar-refractivity contribution >= 4 is 0 Å². The topological polar surface area (TPSA) is 210 Å². The van der Waals surface area contributed by atoms with Gasteiger partial charge in [-0.15, -0.1) is 0 Å². The van der Waals surface area contributed by atoms with Crippen molar-refractivity contribution in [2.45, 2.75) is 226 Å². The Balaban J connectivity index is 0.000000193. The van der Waals surface area contributed by atoms with Gasteiger partial charge in [0.1, 0.15) is 0 Å². The average molecular weight is 1650 g/mol. The molecule has 640 valence electrons. The van der Waals surface area contributed by atoms with E-state index in [4.69, 9.17) is 108 Å². The van der Waals surface area contributed by atoms with Gasteiger partial charge in [-0.1, -0.05) is 69.1 Å². The van der Waals surface area contributed by atoms with Crippen molar-refractivity contribution in [3.63, 3.8) is 0 Å². The van der Waals surface area contributed by atoms with E-state index in [1.54, 1.807) is 53.7 Å². The Bertz CT molecular complexity index is 6260. The van der Waals surface area contributed by atoms with Gasteiger partial charge in [0.2, 0.25) is 0 Å². The number of hydrogen-bond acceptors (Lipinski definition) is 20. The van der Waals surface area contributed by atoms with Crippen molar-refractivity contribution in [3.05, 3.63) is 116 Å². The van der Waals surface area contributed by atoms with E-state index in [1.165, 1.54) is 99.3 Å². The van der Waals surface area contributed by atoms with Gasteiger partial charge in [0.05, 0.1) is 122 Å². The van der Waals surface area contributed by atoms with Gasteiger partial charge in [-0.05, 0) is 271 Å². The maximum absolute atomic E-state index is 11.3. The first-order chi connectivity index (χ1) is 73.6. The molecule has 0 aliphatic carbocycles. The van der Waals surface area contributed by atoms with Crippen molar-refractivity contribution in [2.24, 2.45) is 59.0 Å². The molecule has 20 heteroatoms. The van der Waals surface area contributed by atoms with Gasteiger partial charge in [-0.25, -0.2) is 0 Å². The standard InChI is InChI=1S/5C19H29NO3/c5*1-12(2)7-14-11-20-6-5-13-8-18(22-3)19(23-4)9-15(13)16(20)10-17(14)21/h5*8-9,12,14,16-17,21H,5-7,10-11H2,1-4H3/i1D3,7D2,10D2,11D2,12D,14D,16D,17D;4D3,10D2,11D2,14D,16D,17D;1D3,4D3,7D2,11D2,12D,16D;2*10D2,11D2,14D,16D,17D. The molecule has 10 aliphatic rings. The van der Waals surface area contributed by atoms with E-state index in [0.717, 1.165) is 32.6 Å². The van der Waals surface area contributed by atoms with Crippen LogP contribution in [0.15, 0.2) is 60.7 Å². The van der Waals surface area contributed by atoms with E-state index < -0.39 is 213 Å². The summed E-state index contributed by atoms with van der Waals surface area (Å²) in [5.74, 6) is -19.3. The van der Waals surface area contributed by atoms with Gasteiger partial charge in [0.15, 0.2) is 57.5 Å². The molecular weight excluding hydrogens is 1450 g/mol. The summed E-state index contributed by atoms with van der Waals surface area (Å²) < 4.78 is 466. The molecule has 0 radical (unpaired) electrons. The van der Waals surface area contributed by atoms with Crippen LogP contribution in [0.4, 0.5) is 0 Å². The van der Waals surface area contributed by atoms with Gasteiger partial charge in [-0.2, -0.15) is 0 Å². The Morgan fingerprint density at radius 2 is 0.600 bits per heavy atom. The third kappa shape index (κ3) is 21.1. The van der Waals surface area contributed by atoms with Crippen LogP contribution >= 0.6 is 0 Å². The Labute approximate surface area is 758 Å². The van der Waals surface area contributed by atoms with Crippen LogP contribution in [0.2, 0.25) is 0 Å². The predicted octanol–water partition coefficient (Wildman–Crippen LogP) is 15.1. The molecule has 5 saturated heterocycles. The van der Waals surface area contributed by atoms with Gasteiger partial charge < -0.3 is 72.9 Å². The number of fused-ring (bicyclic) bond motifs is 15. The minimum atomic E-state index is -4.07. The number of ether oxygens (including phenoxy) is 10. The van der Waals surface area contributed by atoms with Crippen molar-refractivity contribution in [1.29, 1.82) is 0 Å². The third-order valence-electron chi connectivity index (χ3n) is 20.3. The third-order valence-corrected chi connectivity index (χ3v) is 20.3. The van der Waals surface area contributed by atoms with E-state index in [2.05, 4.69) is 0 Å². The van der Waals surface area contributed by atoms with Gasteiger partial charge >= 0.3 is 0 Å². The molecule has 17 atom stereocenters. The first-order valence-electron chi connectivity index (χ1n) is 62.6. The van der Waals surface area contributed by atoms with E-state index in [0.29, 0.717) is 64.0 Å². The fourth-order valence-corrected chi connectivity index (χ4v) is 14.9. The first kappa shape index (κ1) is 44.8. The molecule has 10 heterocycles. The molecule has 115 heavy (non-hydrogen) atoms. The Morgan fingerprint density at radius 1 is 0.357 bits per heavy atom. The molecule has 5 aromatic carbocycles. The van der Waals surface area contributed by atoms with Crippen LogP contribution in [0, 0.1) is 59.0 Å². The number of hydrogen-bond donors (Lipinski definition) is 5. The fraction of sp³-hybridized carbons (Fsp3) is 0.684. The van der Waals surface area contributed by atoms with Crippen LogP contribution in [-0.2, 0) is 32.1 Å². The lowest BCUT2D eigenvalue weighted by atomic mass is 9.79. The van der Waals surface area contributed by atoms with Crippen LogP contribution in [0.25, 0.3) is 0 Å². The second-order valence-corrected chi connectivity index (χ2v) is 29.8. The number of benzene rings is 5. The molecule has 15 rings (SSSR count). The normalized spacial score (nSPS) is 47.7. The smallest absolute Gasteiger partial charge is 0.161 e. The highest BCUT2D eigenvalue weighted by Crippen LogP contribution is 2.50. The van der Waals surface area contributed by atoms with E-state index in [9.17, 15) is 32.4 Å². The summed E-state index contributed by atoms with van der Waals surface area (Å²) in [6, 6.07) is 1.55. The molecular formula is C95H145N5O15. The zero-order valence-electron chi connectivity index (χ0n) is 117. The lowest BCUT2D eigenvalue weighted by Crippen LogP contribution is -2.48. The van der Waals surface area contributed by atoms with Crippen LogP contribution in [0.3, 0.4) is 0 Å². The molecule has 0 bridgehead atoms. The van der Waals surface area contributed by atoms with Gasteiger partial charge in [-0.3, -0.25) is 24.5 Å². The highest BCUT2D eigenvalue weighted by Gasteiger charge is 2.45. The molecule has 0 aromatic heterocycles. The zero-order valence-corrected chi connectivity index (χ0v) is 68.1. The summed E-state index contributed by atoms with van der Waals surface area (Å²) in [6.07, 6.45) is -35.7. The largest absolute Gasteiger partial charge is 0.493 e. The number of aliphatic hydroxyl groups excluding tert-OH is 1. The lowest BCUT2D eigenvalue weighted by Gasteiger charge is -2.46. The SMILES string of the molecule is [2H]C([2H])([2H])C([2H])(C)C([2H])([2H])C1([2H])C([2H])([2H])N2CCc3cc(OC)c(OC)cc3C2([2H])C([2H])([2H])C1([2H])O.[2H]C([2H])([2H])Oc1cc2c(cc1OC)CCN1C([2H])([2H])C([2H])(CC(C)C)C([2H])(O)C([2H])([2H])C21[2H].[2H]C([2H])([2H])Oc1cc2c(cc1OC)CCN1C2([2H])CC(O)C(C([2H])([2H])C([2H])(C)C([2H])([2H])[2H])C1([2H])[2H].[2H]C1([2H])N2CCc3cc(OC)c(OC)cc3C2([2H])C([2H])([2H])C([2H])(O)C1([2H])CC(C)C.[2H]C1([2H])N2CCc3cc(OC)c(OC)cc3C2([2H])C([2H])([2H])C([2H])(O)C1([2H])CC(C)C. The molecule has 5 N–H and O–H groups in total. The molecule has 0 saturated carbocycles. The highest BCUT2D eigenvalue weighted by molar-refractivity contribution is 5.54. The Morgan fingerprint density at radius 3 is 0.870 bits per heavy atom. The monoisotopic (exact) mass is 1650 g/mol. The minimum absolute atomic E-state index is 0.0150. The number of rotatable bonds is 20. The van der Waals surface area contributed by atoms with Crippen LogP contribution in [-0.4, -0.2) is 217 Å². The summed E-state index contributed by atoms with van der Waals surface area (Å²) in [6.45, 7) is -9.98. The fourth-order valence-electron chi connectivity index (χ4n) is 14.9. The molecule has 5 fully saturated rings. The molecule has 10 aliphatic heterocycles. The predicted molar refractivity (Wildman–Crippen MR) is 456 cm³/mol. The summed E-state index contributed by atoms with van der Waals surface area (Å²) in [5.41, 5.74) is 2.34. The second kappa shape index (κ2) is 40.6. The van der Waals surface area contributed by atoms with Crippen LogP contribution < -0.4 is 47.4 Å². The molecule has 0 spiro atoms. The van der Waals surface area contributed by atoms with E-state index in [-0.39, 0.29) is 156 Å². The van der Waals surface area contributed by atoms with Crippen molar-refractivity contribution in [2.75, 3.05) is 136 Å². The molecule has 17 unspecified atom stereocenters. The molecule has 0 amide bonds. The number of piperidine rings is 5. The molecule has 5 aromatic rings. The maximum Gasteiger partial charge on any atom is 0.161 e. The van der Waals surface area contributed by atoms with Gasteiger partial charge in [0.25, 0.3) is 0 Å². The summed E-state index contributed by atoms with van der Waals surface area (Å²) in [5, 5.41) is 55.8.